The Morgan fingerprint density at radius 1 is 1.35 bits per heavy atom. The molecule has 0 fully saturated rings. The molecular weight excluding hydrogens is 401 g/mol. The number of hydrogen-bond acceptors (Lipinski definition) is 7. The van der Waals surface area contributed by atoms with Gasteiger partial charge in [0.25, 0.3) is 12.0 Å². The third kappa shape index (κ3) is 4.62. The molecule has 2 aromatic rings. The Morgan fingerprint density at radius 3 is 2.58 bits per heavy atom. The quantitative estimate of drug-likeness (QED) is 0.515. The molecule has 2 N–H and O–H groups in total. The minimum absolute atomic E-state index is 0.190. The number of aromatic amines is 1. The maximum absolute atomic E-state index is 14.2. The lowest BCUT2D eigenvalue weighted by Crippen LogP contribution is -2.35. The Hall–Kier alpha value is -1.92. The third-order valence-electron chi connectivity index (χ3n) is 3.14. The molecule has 0 aliphatic carbocycles. The first-order valence-corrected chi connectivity index (χ1v) is 9.41. The highest BCUT2D eigenvalue weighted by Crippen LogP contribution is 2.27. The van der Waals surface area contributed by atoms with Crippen molar-refractivity contribution in [3.63, 3.8) is 0 Å². The zero-order valence-electron chi connectivity index (χ0n) is 13.5. The van der Waals surface area contributed by atoms with Crippen LogP contribution in [-0.4, -0.2) is 55.2 Å². The molecule has 0 aliphatic heterocycles. The molecule has 0 aliphatic rings. The zero-order valence-corrected chi connectivity index (χ0v) is 15.1. The van der Waals surface area contributed by atoms with E-state index in [1.54, 1.807) is 6.92 Å². The first-order valence-electron chi connectivity index (χ1n) is 7.14. The van der Waals surface area contributed by atoms with Crippen LogP contribution in [0.15, 0.2) is 9.95 Å². The summed E-state index contributed by atoms with van der Waals surface area (Å²) in [5.74, 6) is -1.58. The molecule has 2 heterocycles. The van der Waals surface area contributed by atoms with Gasteiger partial charge in [-0.15, -0.1) is 0 Å². The molecule has 0 bridgehead atoms. The number of aromatic nitrogens is 3. The summed E-state index contributed by atoms with van der Waals surface area (Å²) in [7, 11) is -3.92. The van der Waals surface area contributed by atoms with Gasteiger partial charge >= 0.3 is 0 Å². The Bertz CT molecular complexity index is 983. The predicted molar refractivity (Wildman–Crippen MR) is 87.2 cm³/mol. The van der Waals surface area contributed by atoms with Crippen LogP contribution in [0.5, 0.6) is 5.88 Å². The van der Waals surface area contributed by atoms with Crippen molar-refractivity contribution < 1.29 is 26.3 Å². The van der Waals surface area contributed by atoms with Crippen molar-refractivity contribution in [1.29, 1.82) is 0 Å². The van der Waals surface area contributed by atoms with Crippen molar-refractivity contribution in [2.45, 2.75) is 24.5 Å². The second-order valence-corrected chi connectivity index (χ2v) is 7.69. The Balaban J connectivity index is 2.45. The monoisotopic (exact) mass is 414 g/mol. The topological polar surface area (TPSA) is 114 Å². The average Bonchev–Trinajstić information content (AvgIpc) is 2.53. The molecule has 2 rings (SSSR count). The number of halogens is 4. The van der Waals surface area contributed by atoms with Crippen molar-refractivity contribution in [3.8, 4) is 5.88 Å². The van der Waals surface area contributed by atoms with Gasteiger partial charge in [0.1, 0.15) is 17.5 Å². The molecule has 0 saturated carbocycles. The number of fused-ring (bicyclic) bond motifs is 1. The van der Waals surface area contributed by atoms with E-state index >= 15 is 0 Å². The minimum Gasteiger partial charge on any atom is -0.475 e. The number of hydrogen-bond donors (Lipinski definition) is 2. The summed E-state index contributed by atoms with van der Waals surface area (Å²) < 4.78 is 66.9. The van der Waals surface area contributed by atoms with Crippen molar-refractivity contribution >= 4 is 32.3 Å². The molecular formula is C13H14ClF3N4O4S. The smallest absolute Gasteiger partial charge is 0.265 e. The summed E-state index contributed by atoms with van der Waals surface area (Å²) in [5.41, 5.74) is -1.63. The van der Waals surface area contributed by atoms with E-state index in [0.29, 0.717) is 0 Å². The van der Waals surface area contributed by atoms with Crippen molar-refractivity contribution in [1.82, 2.24) is 20.3 Å². The second-order valence-electron chi connectivity index (χ2n) is 5.40. The number of ether oxygens (including phenoxy) is 1. The lowest BCUT2D eigenvalue weighted by Gasteiger charge is -2.15. The van der Waals surface area contributed by atoms with Crippen LogP contribution in [0.1, 0.15) is 6.92 Å². The zero-order chi connectivity index (χ0) is 19.6. The summed E-state index contributed by atoms with van der Waals surface area (Å²) in [5, 5.41) is 0.611. The van der Waals surface area contributed by atoms with Crippen LogP contribution < -0.4 is 15.6 Å². The van der Waals surface area contributed by atoms with Gasteiger partial charge in [-0.2, -0.15) is 4.98 Å². The molecule has 0 amide bonds. The van der Waals surface area contributed by atoms with Gasteiger partial charge in [0.2, 0.25) is 20.9 Å². The summed E-state index contributed by atoms with van der Waals surface area (Å²) in [6.07, 6.45) is -1.77. The molecule has 0 aromatic carbocycles. The molecule has 13 heteroatoms. The fourth-order valence-corrected chi connectivity index (χ4v) is 2.64. The van der Waals surface area contributed by atoms with E-state index in [2.05, 4.69) is 15.3 Å². The lowest BCUT2D eigenvalue weighted by molar-refractivity contribution is 0.137. The Kier molecular flexibility index (Phi) is 6.09. The number of sulfone groups is 1. The second kappa shape index (κ2) is 7.76. The van der Waals surface area contributed by atoms with Gasteiger partial charge in [0, 0.05) is 12.3 Å². The van der Waals surface area contributed by atoms with Crippen molar-refractivity contribution in [3.05, 3.63) is 21.3 Å². The summed E-state index contributed by atoms with van der Waals surface area (Å²) in [6.45, 7) is 0.784. The van der Waals surface area contributed by atoms with Crippen LogP contribution >= 0.6 is 11.6 Å². The highest BCUT2D eigenvalue weighted by molar-refractivity contribution is 7.90. The number of nitrogens with one attached hydrogen (secondary N) is 2. The Labute approximate surface area is 150 Å². The highest BCUT2D eigenvalue weighted by Gasteiger charge is 2.22. The van der Waals surface area contributed by atoms with Gasteiger partial charge in [-0.05, 0) is 6.92 Å². The molecule has 0 saturated heterocycles. The molecule has 8 nitrogen and oxygen atoms in total. The van der Waals surface area contributed by atoms with Crippen molar-refractivity contribution in [2.24, 2.45) is 0 Å². The molecule has 2 aromatic heterocycles. The van der Waals surface area contributed by atoms with E-state index < -0.39 is 67.3 Å². The molecule has 0 radical (unpaired) electrons. The number of nitrogens with zero attached hydrogens (tertiary/aromatic N) is 2. The van der Waals surface area contributed by atoms with Crippen LogP contribution in [0.3, 0.4) is 0 Å². The Morgan fingerprint density at radius 2 is 2.00 bits per heavy atom. The van der Waals surface area contributed by atoms with E-state index in [1.165, 1.54) is 0 Å². The standard InChI is InChI=1S/C13H14ClF3N4O4S/c1-5(18-3-6(15)16)4-25-12-7-9(8(17)10(14)20-12)19-13(21-11(7)22)26(2,23)24/h5-6,18H,3-4H2,1-2H3,(H,19,21,22)/t5-/m0/s1. The maximum Gasteiger partial charge on any atom is 0.265 e. The van der Waals surface area contributed by atoms with Crippen LogP contribution in [0.2, 0.25) is 5.15 Å². The van der Waals surface area contributed by atoms with Gasteiger partial charge in [0.15, 0.2) is 11.0 Å². The number of rotatable bonds is 7. The number of alkyl halides is 2. The van der Waals surface area contributed by atoms with Gasteiger partial charge in [-0.25, -0.2) is 26.6 Å². The van der Waals surface area contributed by atoms with Crippen molar-refractivity contribution in [2.75, 3.05) is 19.4 Å². The molecule has 0 spiro atoms. The largest absolute Gasteiger partial charge is 0.475 e. The SMILES string of the molecule is C[C@@H](COc1nc(Cl)c(F)c2nc(S(C)(=O)=O)[nH]c(=O)c12)NCC(F)F. The van der Waals surface area contributed by atoms with E-state index in [-0.39, 0.29) is 6.61 Å². The first kappa shape index (κ1) is 20.4. The van der Waals surface area contributed by atoms with Crippen LogP contribution in [-0.2, 0) is 9.84 Å². The lowest BCUT2D eigenvalue weighted by atomic mass is 10.3. The van der Waals surface area contributed by atoms with Crippen LogP contribution in [0, 0.1) is 5.82 Å². The minimum atomic E-state index is -3.92. The highest BCUT2D eigenvalue weighted by atomic mass is 35.5. The number of pyridine rings is 1. The summed E-state index contributed by atoms with van der Waals surface area (Å²) in [4.78, 5) is 21.4. The fraction of sp³-hybridized carbons (Fsp3) is 0.462. The molecule has 1 atom stereocenters. The predicted octanol–water partition coefficient (Wildman–Crippen LogP) is 1.14. The molecule has 26 heavy (non-hydrogen) atoms. The first-order chi connectivity index (χ1) is 12.0. The van der Waals surface area contributed by atoms with E-state index in [4.69, 9.17) is 16.3 Å². The van der Waals surface area contributed by atoms with E-state index in [0.717, 1.165) is 6.26 Å². The molecule has 0 unspecified atom stereocenters. The molecule has 144 valence electrons. The fourth-order valence-electron chi connectivity index (χ4n) is 1.93. The third-order valence-corrected chi connectivity index (χ3v) is 4.29. The number of H-pyrrole nitrogens is 1. The van der Waals surface area contributed by atoms with E-state index in [9.17, 15) is 26.4 Å². The summed E-state index contributed by atoms with van der Waals surface area (Å²) in [6, 6.07) is -0.549. The normalized spacial score (nSPS) is 13.3. The van der Waals surface area contributed by atoms with Gasteiger partial charge in [0.05, 0.1) is 6.54 Å². The van der Waals surface area contributed by atoms with E-state index in [1.807, 2.05) is 4.98 Å². The van der Waals surface area contributed by atoms with Gasteiger partial charge < -0.3 is 10.1 Å². The maximum atomic E-state index is 14.2. The van der Waals surface area contributed by atoms with Crippen LogP contribution in [0.4, 0.5) is 13.2 Å². The average molecular weight is 415 g/mol. The van der Waals surface area contributed by atoms with Crippen LogP contribution in [0.25, 0.3) is 10.9 Å². The van der Waals surface area contributed by atoms with Gasteiger partial charge in [-0.3, -0.25) is 9.78 Å². The summed E-state index contributed by atoms with van der Waals surface area (Å²) >= 11 is 5.65. The van der Waals surface area contributed by atoms with Gasteiger partial charge in [-0.1, -0.05) is 11.6 Å².